The number of nitrogen functional groups attached to an aromatic ring is 1. The van der Waals surface area contributed by atoms with Crippen LogP contribution in [0.4, 0.5) is 13.2 Å². The maximum Gasteiger partial charge on any atom is 0.449 e. The zero-order chi connectivity index (χ0) is 16.6. The molecule has 3 aromatic rings. The van der Waals surface area contributed by atoms with Crippen LogP contribution in [0.1, 0.15) is 16.4 Å². The summed E-state index contributed by atoms with van der Waals surface area (Å²) in [7, 11) is 0. The number of nitrogens with two attached hydrogens (primary N) is 1. The average molecular weight is 340 g/mol. The average Bonchev–Trinajstić information content (AvgIpc) is 3.10. The van der Waals surface area contributed by atoms with Gasteiger partial charge in [0.2, 0.25) is 5.76 Å². The fourth-order valence-electron chi connectivity index (χ4n) is 2.00. The topological polar surface area (TPSA) is 72.2 Å². The fourth-order valence-corrected chi connectivity index (χ4v) is 2.95. The number of halogens is 3. The smallest absolute Gasteiger partial charge is 0.449 e. The lowest BCUT2D eigenvalue weighted by Crippen LogP contribution is -2.08. The SMILES string of the molecule is N=C(N)c1cc2ccc(OCc3ccc(C(F)(F)F)o3)cc2s1. The lowest BCUT2D eigenvalue weighted by molar-refractivity contribution is -0.153. The molecular weight excluding hydrogens is 329 g/mol. The predicted octanol–water partition coefficient (Wildman–Crippen LogP) is 4.38. The van der Waals surface area contributed by atoms with Gasteiger partial charge in [-0.2, -0.15) is 13.2 Å². The third-order valence-electron chi connectivity index (χ3n) is 3.08. The Morgan fingerprint density at radius 1 is 1.22 bits per heavy atom. The molecule has 4 nitrogen and oxygen atoms in total. The van der Waals surface area contributed by atoms with E-state index in [4.69, 9.17) is 20.3 Å². The fraction of sp³-hybridized carbons (Fsp3) is 0.133. The second-order valence-electron chi connectivity index (χ2n) is 4.78. The standard InChI is InChI=1S/C15H11F3N2O2S/c16-15(17,18)13-4-3-10(22-13)7-21-9-2-1-8-5-12(14(19)20)23-11(8)6-9/h1-6H,7H2,(H3,19,20). The van der Waals surface area contributed by atoms with Crippen molar-refractivity contribution in [1.29, 1.82) is 5.41 Å². The minimum Gasteiger partial charge on any atom is -0.486 e. The highest BCUT2D eigenvalue weighted by molar-refractivity contribution is 7.20. The van der Waals surface area contributed by atoms with E-state index in [1.165, 1.54) is 17.4 Å². The lowest BCUT2D eigenvalue weighted by atomic mass is 10.2. The number of nitrogens with one attached hydrogen (secondary N) is 1. The molecule has 8 heteroatoms. The Balaban J connectivity index is 1.74. The summed E-state index contributed by atoms with van der Waals surface area (Å²) in [4.78, 5) is 0.651. The summed E-state index contributed by atoms with van der Waals surface area (Å²) in [5.41, 5.74) is 5.45. The molecule has 0 fully saturated rings. The number of rotatable bonds is 4. The summed E-state index contributed by atoms with van der Waals surface area (Å²) in [6.07, 6.45) is -4.50. The summed E-state index contributed by atoms with van der Waals surface area (Å²) < 4.78 is 48.4. The summed E-state index contributed by atoms with van der Waals surface area (Å²) in [5.74, 6) is -0.465. The second-order valence-corrected chi connectivity index (χ2v) is 5.86. The Labute approximate surface area is 132 Å². The van der Waals surface area contributed by atoms with Gasteiger partial charge in [-0.1, -0.05) is 0 Å². The molecule has 3 N–H and O–H groups in total. The Morgan fingerprint density at radius 3 is 2.65 bits per heavy atom. The van der Waals surface area contributed by atoms with Gasteiger partial charge in [0.25, 0.3) is 0 Å². The van der Waals surface area contributed by atoms with E-state index >= 15 is 0 Å². The summed E-state index contributed by atoms with van der Waals surface area (Å²) in [5, 5.41) is 8.34. The molecule has 0 spiro atoms. The quantitative estimate of drug-likeness (QED) is 0.547. The normalized spacial score (nSPS) is 11.8. The Morgan fingerprint density at radius 2 is 2.00 bits per heavy atom. The molecule has 0 aliphatic carbocycles. The van der Waals surface area contributed by atoms with E-state index in [-0.39, 0.29) is 18.2 Å². The van der Waals surface area contributed by atoms with Crippen LogP contribution in [-0.2, 0) is 12.8 Å². The van der Waals surface area contributed by atoms with Gasteiger partial charge in [-0.05, 0) is 41.8 Å². The number of thiophene rings is 1. The molecule has 0 atom stereocenters. The van der Waals surface area contributed by atoms with Crippen molar-refractivity contribution in [3.05, 3.63) is 52.8 Å². The Hall–Kier alpha value is -2.48. The first-order chi connectivity index (χ1) is 10.8. The molecule has 0 saturated carbocycles. The van der Waals surface area contributed by atoms with Gasteiger partial charge in [-0.15, -0.1) is 11.3 Å². The van der Waals surface area contributed by atoms with Crippen LogP contribution in [0.3, 0.4) is 0 Å². The third kappa shape index (κ3) is 3.31. The number of hydrogen-bond acceptors (Lipinski definition) is 4. The summed E-state index contributed by atoms with van der Waals surface area (Å²) in [6, 6.07) is 9.17. The number of hydrogen-bond donors (Lipinski definition) is 2. The van der Waals surface area contributed by atoms with Crippen molar-refractivity contribution in [1.82, 2.24) is 0 Å². The summed E-state index contributed by atoms with van der Waals surface area (Å²) >= 11 is 1.35. The van der Waals surface area contributed by atoms with E-state index in [2.05, 4.69) is 0 Å². The molecule has 23 heavy (non-hydrogen) atoms. The molecule has 0 bridgehead atoms. The zero-order valence-corrected chi connectivity index (χ0v) is 12.4. The van der Waals surface area contributed by atoms with Crippen LogP contribution in [0.15, 0.2) is 40.8 Å². The van der Waals surface area contributed by atoms with Gasteiger partial charge in [-0.25, -0.2) is 0 Å². The monoisotopic (exact) mass is 340 g/mol. The van der Waals surface area contributed by atoms with Crippen molar-refractivity contribution in [2.75, 3.05) is 0 Å². The molecule has 0 amide bonds. The number of alkyl halides is 3. The molecule has 0 saturated heterocycles. The van der Waals surface area contributed by atoms with Gasteiger partial charge in [0, 0.05) is 4.70 Å². The van der Waals surface area contributed by atoms with Crippen molar-refractivity contribution in [2.45, 2.75) is 12.8 Å². The number of amidine groups is 1. The summed E-state index contributed by atoms with van der Waals surface area (Å²) in [6.45, 7) is -0.105. The predicted molar refractivity (Wildman–Crippen MR) is 80.9 cm³/mol. The maximum absolute atomic E-state index is 12.4. The first-order valence-corrected chi connectivity index (χ1v) is 7.31. The molecule has 0 radical (unpaired) electrons. The van der Waals surface area contributed by atoms with E-state index in [9.17, 15) is 13.2 Å². The third-order valence-corrected chi connectivity index (χ3v) is 4.21. The molecule has 1 aromatic carbocycles. The highest BCUT2D eigenvalue weighted by Crippen LogP contribution is 2.32. The van der Waals surface area contributed by atoms with Crippen molar-refractivity contribution in [3.63, 3.8) is 0 Å². The number of fused-ring (bicyclic) bond motifs is 1. The second kappa shape index (κ2) is 5.62. The van der Waals surface area contributed by atoms with Crippen LogP contribution in [0.5, 0.6) is 5.75 Å². The van der Waals surface area contributed by atoms with Gasteiger partial charge in [-0.3, -0.25) is 5.41 Å². The molecule has 3 rings (SSSR count). The number of ether oxygens (including phenoxy) is 1. The minimum absolute atomic E-state index is 0.0102. The minimum atomic E-state index is -4.50. The first-order valence-electron chi connectivity index (χ1n) is 6.49. The molecule has 2 aromatic heterocycles. The van der Waals surface area contributed by atoms with E-state index < -0.39 is 11.9 Å². The Kier molecular flexibility index (Phi) is 3.77. The van der Waals surface area contributed by atoms with Gasteiger partial charge >= 0.3 is 6.18 Å². The maximum atomic E-state index is 12.4. The van der Waals surface area contributed by atoms with Crippen LogP contribution in [0.25, 0.3) is 10.1 Å². The van der Waals surface area contributed by atoms with Gasteiger partial charge in [0.05, 0.1) is 4.88 Å². The van der Waals surface area contributed by atoms with Crippen LogP contribution < -0.4 is 10.5 Å². The Bertz CT molecular complexity index is 867. The van der Waals surface area contributed by atoms with E-state index in [0.717, 1.165) is 16.2 Å². The molecule has 2 heterocycles. The van der Waals surface area contributed by atoms with E-state index in [0.29, 0.717) is 10.6 Å². The van der Waals surface area contributed by atoms with Crippen molar-refractivity contribution < 1.29 is 22.3 Å². The van der Waals surface area contributed by atoms with Crippen LogP contribution in [0, 0.1) is 5.41 Å². The molecule has 0 aliphatic rings. The molecular formula is C15H11F3N2O2S. The largest absolute Gasteiger partial charge is 0.486 e. The first kappa shape index (κ1) is 15.4. The van der Waals surface area contributed by atoms with Crippen LogP contribution >= 0.6 is 11.3 Å². The molecule has 0 aliphatic heterocycles. The van der Waals surface area contributed by atoms with E-state index in [1.807, 2.05) is 0 Å². The number of benzene rings is 1. The van der Waals surface area contributed by atoms with Crippen LogP contribution in [0.2, 0.25) is 0 Å². The van der Waals surface area contributed by atoms with Gasteiger partial charge < -0.3 is 14.9 Å². The molecule has 120 valence electrons. The van der Waals surface area contributed by atoms with Crippen LogP contribution in [-0.4, -0.2) is 5.84 Å². The van der Waals surface area contributed by atoms with Gasteiger partial charge in [0.1, 0.15) is 24.0 Å². The van der Waals surface area contributed by atoms with Crippen molar-refractivity contribution >= 4 is 27.3 Å². The van der Waals surface area contributed by atoms with E-state index in [1.54, 1.807) is 24.3 Å². The zero-order valence-electron chi connectivity index (χ0n) is 11.6. The van der Waals surface area contributed by atoms with Crippen molar-refractivity contribution in [2.24, 2.45) is 5.73 Å². The number of furan rings is 1. The van der Waals surface area contributed by atoms with Crippen molar-refractivity contribution in [3.8, 4) is 5.75 Å². The highest BCUT2D eigenvalue weighted by atomic mass is 32.1. The van der Waals surface area contributed by atoms with Gasteiger partial charge in [0.15, 0.2) is 0 Å². The highest BCUT2D eigenvalue weighted by Gasteiger charge is 2.34. The molecule has 0 unspecified atom stereocenters. The lowest BCUT2D eigenvalue weighted by Gasteiger charge is -2.05.